The number of hydrogen-bond donors (Lipinski definition) is 1. The Hall–Kier alpha value is -1.08. The number of aliphatic hydroxyl groups excluding tert-OH is 1. The molecular weight excluding hydrogens is 208 g/mol. The van der Waals surface area contributed by atoms with Crippen LogP contribution >= 0.6 is 0 Å². The van der Waals surface area contributed by atoms with Gasteiger partial charge in [-0.3, -0.25) is 0 Å². The SMILES string of the molecule is C=CC[C@@H](C[C@H](O)CCCC)c1ccccc1. The summed E-state index contributed by atoms with van der Waals surface area (Å²) in [7, 11) is 0. The Bertz CT molecular complexity index is 305. The van der Waals surface area contributed by atoms with Crippen LogP contribution in [0, 0.1) is 0 Å². The van der Waals surface area contributed by atoms with Crippen molar-refractivity contribution in [1.82, 2.24) is 0 Å². The number of allylic oxidation sites excluding steroid dienone is 1. The van der Waals surface area contributed by atoms with E-state index in [1.165, 1.54) is 5.56 Å². The third-order valence-corrected chi connectivity index (χ3v) is 3.17. The van der Waals surface area contributed by atoms with E-state index in [0.29, 0.717) is 5.92 Å². The van der Waals surface area contributed by atoms with Gasteiger partial charge in [-0.1, -0.05) is 56.2 Å². The minimum atomic E-state index is -0.180. The smallest absolute Gasteiger partial charge is 0.0546 e. The number of rotatable bonds is 8. The second-order valence-electron chi connectivity index (χ2n) is 4.66. The van der Waals surface area contributed by atoms with Crippen molar-refractivity contribution in [1.29, 1.82) is 0 Å². The van der Waals surface area contributed by atoms with E-state index in [1.807, 2.05) is 12.1 Å². The van der Waals surface area contributed by atoms with Gasteiger partial charge < -0.3 is 5.11 Å². The van der Waals surface area contributed by atoms with Crippen LogP contribution in [0.3, 0.4) is 0 Å². The lowest BCUT2D eigenvalue weighted by Gasteiger charge is -2.19. The maximum atomic E-state index is 10.0. The van der Waals surface area contributed by atoms with Crippen LogP contribution in [0.2, 0.25) is 0 Å². The molecule has 0 fully saturated rings. The van der Waals surface area contributed by atoms with Crippen molar-refractivity contribution in [2.24, 2.45) is 0 Å². The summed E-state index contributed by atoms with van der Waals surface area (Å²) in [6, 6.07) is 10.4. The molecule has 1 aromatic carbocycles. The van der Waals surface area contributed by atoms with Crippen LogP contribution in [0.4, 0.5) is 0 Å². The molecule has 17 heavy (non-hydrogen) atoms. The summed E-state index contributed by atoms with van der Waals surface area (Å²) in [6.07, 6.45) is 6.72. The Labute approximate surface area is 105 Å². The van der Waals surface area contributed by atoms with E-state index >= 15 is 0 Å². The van der Waals surface area contributed by atoms with Crippen LogP contribution in [0.25, 0.3) is 0 Å². The van der Waals surface area contributed by atoms with Crippen molar-refractivity contribution >= 4 is 0 Å². The van der Waals surface area contributed by atoms with E-state index in [2.05, 4.69) is 37.8 Å². The monoisotopic (exact) mass is 232 g/mol. The fourth-order valence-electron chi connectivity index (χ4n) is 2.18. The second kappa shape index (κ2) is 8.08. The molecule has 1 aromatic rings. The van der Waals surface area contributed by atoms with Gasteiger partial charge in [-0.2, -0.15) is 0 Å². The molecule has 1 heteroatoms. The van der Waals surface area contributed by atoms with Gasteiger partial charge in [0.25, 0.3) is 0 Å². The summed E-state index contributed by atoms with van der Waals surface area (Å²) in [5, 5.41) is 10.0. The largest absolute Gasteiger partial charge is 0.393 e. The highest BCUT2D eigenvalue weighted by molar-refractivity contribution is 5.20. The normalized spacial score (nSPS) is 14.2. The minimum Gasteiger partial charge on any atom is -0.393 e. The lowest BCUT2D eigenvalue weighted by molar-refractivity contribution is 0.142. The first-order valence-electron chi connectivity index (χ1n) is 6.61. The average Bonchev–Trinajstić information content (AvgIpc) is 2.37. The topological polar surface area (TPSA) is 20.2 Å². The molecule has 1 rings (SSSR count). The highest BCUT2D eigenvalue weighted by atomic mass is 16.3. The second-order valence-corrected chi connectivity index (χ2v) is 4.66. The van der Waals surface area contributed by atoms with Crippen LogP contribution in [0.5, 0.6) is 0 Å². The quantitative estimate of drug-likeness (QED) is 0.663. The summed E-state index contributed by atoms with van der Waals surface area (Å²) in [5.74, 6) is 0.403. The summed E-state index contributed by atoms with van der Waals surface area (Å²) in [5.41, 5.74) is 1.31. The number of benzene rings is 1. The molecule has 0 amide bonds. The van der Waals surface area contributed by atoms with Crippen molar-refractivity contribution in [2.45, 2.75) is 51.0 Å². The molecule has 1 nitrogen and oxygen atoms in total. The number of aliphatic hydroxyl groups is 1. The molecule has 0 saturated carbocycles. The highest BCUT2D eigenvalue weighted by Gasteiger charge is 2.14. The van der Waals surface area contributed by atoms with Gasteiger partial charge in [0.15, 0.2) is 0 Å². The first kappa shape index (κ1) is 14.0. The van der Waals surface area contributed by atoms with Gasteiger partial charge in [0.2, 0.25) is 0 Å². The molecule has 2 atom stereocenters. The third kappa shape index (κ3) is 5.18. The Morgan fingerprint density at radius 1 is 1.29 bits per heavy atom. The zero-order valence-corrected chi connectivity index (χ0v) is 10.8. The molecule has 0 radical (unpaired) electrons. The molecule has 0 aliphatic carbocycles. The first-order valence-corrected chi connectivity index (χ1v) is 6.61. The van der Waals surface area contributed by atoms with Crippen molar-refractivity contribution in [3.05, 3.63) is 48.6 Å². The predicted molar refractivity (Wildman–Crippen MR) is 74.1 cm³/mol. The Balaban J connectivity index is 2.57. The lowest BCUT2D eigenvalue weighted by atomic mass is 9.89. The molecule has 1 N–H and O–H groups in total. The summed E-state index contributed by atoms with van der Waals surface area (Å²) < 4.78 is 0. The van der Waals surface area contributed by atoms with Gasteiger partial charge in [-0.05, 0) is 30.7 Å². The van der Waals surface area contributed by atoms with E-state index in [9.17, 15) is 5.11 Å². The van der Waals surface area contributed by atoms with E-state index < -0.39 is 0 Å². The number of unbranched alkanes of at least 4 members (excludes halogenated alkanes) is 1. The Kier molecular flexibility index (Phi) is 6.64. The molecule has 0 aromatic heterocycles. The standard InChI is InChI=1S/C16H24O/c1-3-5-12-16(17)13-15(9-4-2)14-10-7-6-8-11-14/h4,6-8,10-11,15-17H,2-3,5,9,12-13H2,1H3/t15-,16+/m0/s1. The predicted octanol–water partition coefficient (Wildman–Crippen LogP) is 4.29. The maximum Gasteiger partial charge on any atom is 0.0546 e. The van der Waals surface area contributed by atoms with Crippen molar-refractivity contribution in [2.75, 3.05) is 0 Å². The molecule has 0 bridgehead atoms. The van der Waals surface area contributed by atoms with Crippen LogP contribution in [-0.2, 0) is 0 Å². The van der Waals surface area contributed by atoms with Crippen LogP contribution in [0.1, 0.15) is 50.5 Å². The molecule has 0 spiro atoms. The Morgan fingerprint density at radius 3 is 2.59 bits per heavy atom. The van der Waals surface area contributed by atoms with E-state index in [4.69, 9.17) is 0 Å². The van der Waals surface area contributed by atoms with Gasteiger partial charge >= 0.3 is 0 Å². The first-order chi connectivity index (χ1) is 8.27. The van der Waals surface area contributed by atoms with Gasteiger partial charge in [0, 0.05) is 0 Å². The number of hydrogen-bond acceptors (Lipinski definition) is 1. The van der Waals surface area contributed by atoms with Crippen molar-refractivity contribution < 1.29 is 5.11 Å². The minimum absolute atomic E-state index is 0.180. The molecule has 0 aliphatic heterocycles. The molecule has 0 aliphatic rings. The van der Waals surface area contributed by atoms with Crippen molar-refractivity contribution in [3.8, 4) is 0 Å². The highest BCUT2D eigenvalue weighted by Crippen LogP contribution is 2.26. The molecule has 0 heterocycles. The van der Waals surface area contributed by atoms with Crippen LogP contribution in [0.15, 0.2) is 43.0 Å². The van der Waals surface area contributed by atoms with Crippen molar-refractivity contribution in [3.63, 3.8) is 0 Å². The lowest BCUT2D eigenvalue weighted by Crippen LogP contribution is -2.12. The van der Waals surface area contributed by atoms with Gasteiger partial charge in [0.1, 0.15) is 0 Å². The fourth-order valence-corrected chi connectivity index (χ4v) is 2.18. The van der Waals surface area contributed by atoms with E-state index in [-0.39, 0.29) is 6.10 Å². The van der Waals surface area contributed by atoms with Gasteiger partial charge in [0.05, 0.1) is 6.10 Å². The summed E-state index contributed by atoms with van der Waals surface area (Å²) >= 11 is 0. The molecule has 0 unspecified atom stereocenters. The van der Waals surface area contributed by atoms with E-state index in [0.717, 1.165) is 32.1 Å². The maximum absolute atomic E-state index is 10.0. The molecule has 94 valence electrons. The Morgan fingerprint density at radius 2 is 2.00 bits per heavy atom. The van der Waals surface area contributed by atoms with E-state index in [1.54, 1.807) is 0 Å². The summed E-state index contributed by atoms with van der Waals surface area (Å²) in [6.45, 7) is 5.97. The molecular formula is C16H24O. The molecule has 0 saturated heterocycles. The van der Waals surface area contributed by atoms with Gasteiger partial charge in [-0.15, -0.1) is 6.58 Å². The van der Waals surface area contributed by atoms with Crippen LogP contribution < -0.4 is 0 Å². The van der Waals surface area contributed by atoms with Crippen LogP contribution in [-0.4, -0.2) is 11.2 Å². The van der Waals surface area contributed by atoms with Gasteiger partial charge in [-0.25, -0.2) is 0 Å². The average molecular weight is 232 g/mol. The zero-order valence-electron chi connectivity index (χ0n) is 10.8. The summed E-state index contributed by atoms with van der Waals surface area (Å²) in [4.78, 5) is 0. The fraction of sp³-hybridized carbons (Fsp3) is 0.500. The zero-order chi connectivity index (χ0) is 12.5. The third-order valence-electron chi connectivity index (χ3n) is 3.17.